The lowest BCUT2D eigenvalue weighted by Crippen LogP contribution is -2.24. The molecule has 6 nitrogen and oxygen atoms in total. The fourth-order valence-electron chi connectivity index (χ4n) is 3.21. The number of rotatable bonds is 3. The van der Waals surface area contributed by atoms with E-state index < -0.39 is 0 Å². The first kappa shape index (κ1) is 15.8. The maximum Gasteiger partial charge on any atom is 0.267 e. The molecule has 0 aliphatic carbocycles. The van der Waals surface area contributed by atoms with Crippen molar-refractivity contribution in [2.75, 3.05) is 6.61 Å². The largest absolute Gasteiger partial charge is 0.370 e. The highest BCUT2D eigenvalue weighted by Crippen LogP contribution is 2.35. The van der Waals surface area contributed by atoms with E-state index in [9.17, 15) is 4.79 Å². The summed E-state index contributed by atoms with van der Waals surface area (Å²) in [5, 5.41) is 9.36. The standard InChI is InChI=1S/C19H20N4O2/c1-12(2)23-17(24)8-7-15(20-23)18-16-6-4-5-10-22(16)21-19(18)14-9-11-25-13(14)3/h4-10,12-13H,11H2,1-3H3. The number of nitrogens with zero attached hydrogens (tertiary/aromatic N) is 4. The van der Waals surface area contributed by atoms with Crippen LogP contribution in [-0.2, 0) is 4.74 Å². The highest BCUT2D eigenvalue weighted by atomic mass is 16.5. The topological polar surface area (TPSA) is 61.4 Å². The Hall–Kier alpha value is -2.73. The molecule has 0 fully saturated rings. The molecular formula is C19H20N4O2. The van der Waals surface area contributed by atoms with Crippen LogP contribution in [0.4, 0.5) is 0 Å². The first-order chi connectivity index (χ1) is 12.1. The van der Waals surface area contributed by atoms with Crippen molar-refractivity contribution in [3.8, 4) is 11.3 Å². The van der Waals surface area contributed by atoms with E-state index in [1.807, 2.05) is 49.7 Å². The Labute approximate surface area is 145 Å². The van der Waals surface area contributed by atoms with Gasteiger partial charge in [0.15, 0.2) is 0 Å². The number of pyridine rings is 1. The Morgan fingerprint density at radius 3 is 2.76 bits per heavy atom. The molecule has 0 N–H and O–H groups in total. The SMILES string of the molecule is CC1OCC=C1c1nn2ccccc2c1-c1ccc(=O)n(C(C)C)n1. The van der Waals surface area contributed by atoms with Crippen molar-refractivity contribution < 1.29 is 4.74 Å². The minimum Gasteiger partial charge on any atom is -0.370 e. The third kappa shape index (κ3) is 2.59. The highest BCUT2D eigenvalue weighted by molar-refractivity contribution is 5.89. The maximum atomic E-state index is 12.1. The average molecular weight is 336 g/mol. The fraction of sp³-hybridized carbons (Fsp3) is 0.316. The molecule has 4 heterocycles. The first-order valence-electron chi connectivity index (χ1n) is 8.46. The molecule has 128 valence electrons. The minimum absolute atomic E-state index is 0.00862. The van der Waals surface area contributed by atoms with Crippen molar-refractivity contribution in [1.29, 1.82) is 0 Å². The van der Waals surface area contributed by atoms with Crippen LogP contribution in [0.2, 0.25) is 0 Å². The van der Waals surface area contributed by atoms with Crippen molar-refractivity contribution in [2.45, 2.75) is 32.9 Å². The number of aromatic nitrogens is 4. The highest BCUT2D eigenvalue weighted by Gasteiger charge is 2.25. The molecule has 3 aromatic heterocycles. The molecule has 0 amide bonds. The molecule has 1 aliphatic rings. The molecule has 3 aromatic rings. The second kappa shape index (κ2) is 5.97. The molecular weight excluding hydrogens is 316 g/mol. The first-order valence-corrected chi connectivity index (χ1v) is 8.46. The predicted octanol–water partition coefficient (Wildman–Crippen LogP) is 2.94. The summed E-state index contributed by atoms with van der Waals surface area (Å²) in [5.74, 6) is 0. The quantitative estimate of drug-likeness (QED) is 0.738. The van der Waals surface area contributed by atoms with Gasteiger partial charge in [0.05, 0.1) is 35.5 Å². The van der Waals surface area contributed by atoms with E-state index in [1.54, 1.807) is 12.1 Å². The van der Waals surface area contributed by atoms with Crippen molar-refractivity contribution in [3.63, 3.8) is 0 Å². The van der Waals surface area contributed by atoms with Crippen LogP contribution in [0.1, 0.15) is 32.5 Å². The van der Waals surface area contributed by atoms with Gasteiger partial charge in [-0.15, -0.1) is 0 Å². The van der Waals surface area contributed by atoms with Crippen LogP contribution >= 0.6 is 0 Å². The third-order valence-corrected chi connectivity index (χ3v) is 4.47. The molecule has 25 heavy (non-hydrogen) atoms. The van der Waals surface area contributed by atoms with Crippen molar-refractivity contribution in [3.05, 3.63) is 58.7 Å². The molecule has 0 aromatic carbocycles. The molecule has 0 saturated heterocycles. The van der Waals surface area contributed by atoms with Gasteiger partial charge in [-0.05, 0) is 39.0 Å². The Kier molecular flexibility index (Phi) is 3.77. The smallest absolute Gasteiger partial charge is 0.267 e. The van der Waals surface area contributed by atoms with Crippen LogP contribution in [0, 0.1) is 0 Å². The van der Waals surface area contributed by atoms with Gasteiger partial charge in [-0.3, -0.25) is 4.79 Å². The van der Waals surface area contributed by atoms with Gasteiger partial charge in [0, 0.05) is 17.8 Å². The molecule has 1 aliphatic heterocycles. The maximum absolute atomic E-state index is 12.1. The van der Waals surface area contributed by atoms with Gasteiger partial charge < -0.3 is 4.74 Å². The molecule has 0 spiro atoms. The molecule has 0 saturated carbocycles. The zero-order chi connectivity index (χ0) is 17.6. The zero-order valence-electron chi connectivity index (χ0n) is 14.5. The summed E-state index contributed by atoms with van der Waals surface area (Å²) >= 11 is 0. The molecule has 4 rings (SSSR count). The molecule has 6 heteroatoms. The lowest BCUT2D eigenvalue weighted by Gasteiger charge is -2.12. The lowest BCUT2D eigenvalue weighted by atomic mass is 10.0. The van der Waals surface area contributed by atoms with E-state index in [4.69, 9.17) is 9.84 Å². The summed E-state index contributed by atoms with van der Waals surface area (Å²) in [6, 6.07) is 9.27. The van der Waals surface area contributed by atoms with Crippen LogP contribution in [0.15, 0.2) is 47.4 Å². The normalized spacial score (nSPS) is 17.4. The summed E-state index contributed by atoms with van der Waals surface area (Å²) in [4.78, 5) is 12.1. The Morgan fingerprint density at radius 1 is 1.20 bits per heavy atom. The molecule has 0 radical (unpaired) electrons. The van der Waals surface area contributed by atoms with E-state index in [-0.39, 0.29) is 17.7 Å². The number of ether oxygens (including phenoxy) is 1. The van der Waals surface area contributed by atoms with Gasteiger partial charge in [-0.25, -0.2) is 9.20 Å². The third-order valence-electron chi connectivity index (χ3n) is 4.47. The summed E-state index contributed by atoms with van der Waals surface area (Å²) in [6.07, 6.45) is 3.97. The van der Waals surface area contributed by atoms with Gasteiger partial charge in [0.1, 0.15) is 5.69 Å². The van der Waals surface area contributed by atoms with Crippen molar-refractivity contribution in [1.82, 2.24) is 19.4 Å². The second-order valence-corrected chi connectivity index (χ2v) is 6.48. The Bertz CT molecular complexity index is 1030. The van der Waals surface area contributed by atoms with Crippen LogP contribution in [0.5, 0.6) is 0 Å². The van der Waals surface area contributed by atoms with E-state index in [0.29, 0.717) is 6.61 Å². The van der Waals surface area contributed by atoms with Crippen LogP contribution in [-0.4, -0.2) is 32.1 Å². The van der Waals surface area contributed by atoms with E-state index in [2.05, 4.69) is 11.2 Å². The van der Waals surface area contributed by atoms with Crippen LogP contribution in [0.3, 0.4) is 0 Å². The average Bonchev–Trinajstić information content (AvgIpc) is 3.18. The summed E-state index contributed by atoms with van der Waals surface area (Å²) in [7, 11) is 0. The van der Waals surface area contributed by atoms with Gasteiger partial charge >= 0.3 is 0 Å². The number of hydrogen-bond acceptors (Lipinski definition) is 4. The van der Waals surface area contributed by atoms with Gasteiger partial charge in [0.2, 0.25) is 0 Å². The van der Waals surface area contributed by atoms with Crippen LogP contribution in [0.25, 0.3) is 22.3 Å². The van der Waals surface area contributed by atoms with Crippen molar-refractivity contribution >= 4 is 11.1 Å². The van der Waals surface area contributed by atoms with Crippen molar-refractivity contribution in [2.24, 2.45) is 0 Å². The Balaban J connectivity index is 2.01. The number of fused-ring (bicyclic) bond motifs is 1. The molecule has 1 atom stereocenters. The predicted molar refractivity (Wildman–Crippen MR) is 96.5 cm³/mol. The summed E-state index contributed by atoms with van der Waals surface area (Å²) < 4.78 is 9.03. The lowest BCUT2D eigenvalue weighted by molar-refractivity contribution is 0.146. The summed E-state index contributed by atoms with van der Waals surface area (Å²) in [6.45, 7) is 6.51. The molecule has 0 bridgehead atoms. The van der Waals surface area contributed by atoms with Crippen LogP contribution < -0.4 is 5.56 Å². The van der Waals surface area contributed by atoms with Gasteiger partial charge in [-0.1, -0.05) is 12.1 Å². The monoisotopic (exact) mass is 336 g/mol. The van der Waals surface area contributed by atoms with Gasteiger partial charge in [0.25, 0.3) is 5.56 Å². The fourth-order valence-corrected chi connectivity index (χ4v) is 3.21. The number of hydrogen-bond donors (Lipinski definition) is 0. The van der Waals surface area contributed by atoms with Gasteiger partial charge in [-0.2, -0.15) is 10.2 Å². The second-order valence-electron chi connectivity index (χ2n) is 6.48. The molecule has 1 unspecified atom stereocenters. The Morgan fingerprint density at radius 2 is 2.04 bits per heavy atom. The summed E-state index contributed by atoms with van der Waals surface area (Å²) in [5.41, 5.74) is 4.44. The zero-order valence-corrected chi connectivity index (χ0v) is 14.5. The van der Waals surface area contributed by atoms with E-state index in [0.717, 1.165) is 28.0 Å². The van der Waals surface area contributed by atoms with E-state index in [1.165, 1.54) is 4.68 Å². The van der Waals surface area contributed by atoms with E-state index >= 15 is 0 Å². The minimum atomic E-state index is -0.103.